The van der Waals surface area contributed by atoms with Crippen LogP contribution in [0.3, 0.4) is 0 Å². The number of hydrogen-bond donors (Lipinski definition) is 1. The summed E-state index contributed by atoms with van der Waals surface area (Å²) in [5.74, 6) is -0.798. The molecule has 2 aromatic heterocycles. The number of amides is 1. The van der Waals surface area contributed by atoms with E-state index in [1.54, 1.807) is 37.3 Å². The molecule has 0 bridgehead atoms. The summed E-state index contributed by atoms with van der Waals surface area (Å²) in [6.07, 6.45) is -5.11. The minimum atomic E-state index is -4.86. The van der Waals surface area contributed by atoms with Gasteiger partial charge in [-0.15, -0.1) is 10.2 Å². The summed E-state index contributed by atoms with van der Waals surface area (Å²) in [7, 11) is 0. The lowest BCUT2D eigenvalue weighted by Crippen LogP contribution is -2.27. The Morgan fingerprint density at radius 2 is 1.90 bits per heavy atom. The molecule has 152 valence electrons. The van der Waals surface area contributed by atoms with E-state index in [0.717, 1.165) is 11.8 Å². The normalized spacial score (nSPS) is 11.2. The summed E-state index contributed by atoms with van der Waals surface area (Å²) in [6.45, 7) is 2.16. The van der Waals surface area contributed by atoms with E-state index in [9.17, 15) is 18.0 Å². The third-order valence-electron chi connectivity index (χ3n) is 3.62. The monoisotopic (exact) mass is 407 g/mol. The Hall–Kier alpha value is -3.63. The summed E-state index contributed by atoms with van der Waals surface area (Å²) in [6, 6.07) is 11.5. The molecule has 1 N–H and O–H groups in total. The van der Waals surface area contributed by atoms with Gasteiger partial charge in [-0.1, -0.05) is 30.3 Å². The molecule has 0 aliphatic rings. The molecule has 2 heterocycles. The fourth-order valence-corrected chi connectivity index (χ4v) is 2.40. The van der Waals surface area contributed by atoms with Crippen molar-refractivity contribution in [2.75, 3.05) is 6.61 Å². The lowest BCUT2D eigenvalue weighted by molar-refractivity contribution is -0.143. The topological polar surface area (TPSA) is 91.2 Å². The second-order valence-electron chi connectivity index (χ2n) is 5.66. The Bertz CT molecular complexity index is 959. The van der Waals surface area contributed by atoms with Gasteiger partial charge in [-0.3, -0.25) is 0 Å². The van der Waals surface area contributed by atoms with Crippen LogP contribution in [0.2, 0.25) is 0 Å². The molecule has 0 saturated heterocycles. The molecule has 0 spiro atoms. The zero-order chi connectivity index (χ0) is 20.9. The van der Waals surface area contributed by atoms with E-state index in [4.69, 9.17) is 9.47 Å². The van der Waals surface area contributed by atoms with E-state index in [0.29, 0.717) is 11.3 Å². The number of nitrogens with one attached hydrogen (secondary N) is 1. The van der Waals surface area contributed by atoms with E-state index >= 15 is 0 Å². The highest BCUT2D eigenvalue weighted by atomic mass is 19.4. The van der Waals surface area contributed by atoms with E-state index in [1.165, 1.54) is 12.1 Å². The van der Waals surface area contributed by atoms with Crippen LogP contribution in [0.15, 0.2) is 48.7 Å². The predicted octanol–water partition coefficient (Wildman–Crippen LogP) is 3.37. The van der Waals surface area contributed by atoms with Crippen LogP contribution >= 0.6 is 0 Å². The van der Waals surface area contributed by atoms with Crippen LogP contribution in [-0.4, -0.2) is 32.7 Å². The molecule has 8 nitrogen and oxygen atoms in total. The molecule has 11 heteroatoms. The number of rotatable bonds is 6. The molecule has 1 amide bonds. The fraction of sp³-hybridized carbons (Fsp3) is 0.222. The van der Waals surface area contributed by atoms with Crippen LogP contribution in [0.25, 0.3) is 5.82 Å². The van der Waals surface area contributed by atoms with Crippen LogP contribution in [-0.2, 0) is 12.7 Å². The standard InChI is InChI=1S/C18H16F3N5O3/c1-2-28-15-9-8-14(24-25-15)26-16(18(19,20)21)13(11-23-26)29-17(27)22-10-12-6-4-3-5-7-12/h3-9,11H,2,10H2,1H3,(H,22,27). The number of hydrogen-bond acceptors (Lipinski definition) is 6. The van der Waals surface area contributed by atoms with E-state index in [2.05, 4.69) is 20.6 Å². The number of benzene rings is 1. The highest BCUT2D eigenvalue weighted by Crippen LogP contribution is 2.37. The summed E-state index contributed by atoms with van der Waals surface area (Å²) in [4.78, 5) is 11.9. The molecular weight excluding hydrogens is 391 g/mol. The Morgan fingerprint density at radius 1 is 1.14 bits per heavy atom. The number of nitrogens with zero attached hydrogens (tertiary/aromatic N) is 4. The first kappa shape index (κ1) is 20.1. The van der Waals surface area contributed by atoms with Crippen LogP contribution in [0.4, 0.5) is 18.0 Å². The predicted molar refractivity (Wildman–Crippen MR) is 94.6 cm³/mol. The van der Waals surface area contributed by atoms with Crippen LogP contribution < -0.4 is 14.8 Å². The SMILES string of the molecule is CCOc1ccc(-n2ncc(OC(=O)NCc3ccccc3)c2C(F)(F)F)nn1. The molecule has 0 aliphatic heterocycles. The maximum atomic E-state index is 13.6. The van der Waals surface area contributed by atoms with Gasteiger partial charge in [0, 0.05) is 12.6 Å². The average Bonchev–Trinajstić information content (AvgIpc) is 3.12. The molecule has 0 atom stereocenters. The molecule has 0 radical (unpaired) electrons. The number of carbonyl (C=O) groups is 1. The molecule has 0 unspecified atom stereocenters. The first-order chi connectivity index (χ1) is 13.9. The summed E-state index contributed by atoms with van der Waals surface area (Å²) < 4.78 is 51.2. The third-order valence-corrected chi connectivity index (χ3v) is 3.62. The van der Waals surface area contributed by atoms with Gasteiger partial charge in [-0.05, 0) is 18.6 Å². The minimum Gasteiger partial charge on any atom is -0.477 e. The highest BCUT2D eigenvalue weighted by Gasteiger charge is 2.41. The van der Waals surface area contributed by atoms with Crippen LogP contribution in [0.1, 0.15) is 18.2 Å². The number of alkyl halides is 3. The first-order valence-corrected chi connectivity index (χ1v) is 8.50. The van der Waals surface area contributed by atoms with Gasteiger partial charge in [0.05, 0.1) is 12.8 Å². The van der Waals surface area contributed by atoms with E-state index < -0.39 is 23.7 Å². The van der Waals surface area contributed by atoms with Crippen molar-refractivity contribution in [1.82, 2.24) is 25.3 Å². The molecule has 0 aliphatic carbocycles. The second-order valence-corrected chi connectivity index (χ2v) is 5.66. The maximum absolute atomic E-state index is 13.6. The van der Waals surface area contributed by atoms with E-state index in [1.807, 2.05) is 0 Å². The van der Waals surface area contributed by atoms with Crippen LogP contribution in [0.5, 0.6) is 11.6 Å². The van der Waals surface area contributed by atoms with Crippen molar-refractivity contribution < 1.29 is 27.4 Å². The highest BCUT2D eigenvalue weighted by molar-refractivity contribution is 5.70. The summed E-state index contributed by atoms with van der Waals surface area (Å²) >= 11 is 0. The quantitative estimate of drug-likeness (QED) is 0.674. The smallest absolute Gasteiger partial charge is 0.437 e. The second kappa shape index (κ2) is 8.59. The Balaban J connectivity index is 1.79. The van der Waals surface area contributed by atoms with Gasteiger partial charge >= 0.3 is 12.3 Å². The molecule has 29 heavy (non-hydrogen) atoms. The average molecular weight is 407 g/mol. The maximum Gasteiger partial charge on any atom is 0.437 e. The Labute approximate surface area is 163 Å². The van der Waals surface area contributed by atoms with Crippen LogP contribution in [0, 0.1) is 0 Å². The third kappa shape index (κ3) is 5.00. The number of ether oxygens (including phenoxy) is 2. The van der Waals surface area contributed by atoms with Gasteiger partial charge in [-0.25, -0.2) is 9.48 Å². The van der Waals surface area contributed by atoms with Gasteiger partial charge in [0.1, 0.15) is 0 Å². The van der Waals surface area contributed by atoms with Gasteiger partial charge in [0.2, 0.25) is 5.88 Å². The number of aromatic nitrogens is 4. The lowest BCUT2D eigenvalue weighted by Gasteiger charge is -2.12. The number of halogens is 3. The van der Waals surface area contributed by atoms with Gasteiger partial charge < -0.3 is 14.8 Å². The molecule has 1 aromatic carbocycles. The fourth-order valence-electron chi connectivity index (χ4n) is 2.40. The molecule has 3 aromatic rings. The first-order valence-electron chi connectivity index (χ1n) is 8.50. The van der Waals surface area contributed by atoms with Crippen molar-refractivity contribution in [2.24, 2.45) is 0 Å². The van der Waals surface area contributed by atoms with Crippen molar-refractivity contribution in [1.29, 1.82) is 0 Å². The van der Waals surface area contributed by atoms with Gasteiger partial charge in [0.15, 0.2) is 17.3 Å². The van der Waals surface area contributed by atoms with Gasteiger partial charge in [0.25, 0.3) is 0 Å². The molecular formula is C18H16F3N5O3. The minimum absolute atomic E-state index is 0.0968. The largest absolute Gasteiger partial charge is 0.477 e. The zero-order valence-corrected chi connectivity index (χ0v) is 15.2. The van der Waals surface area contributed by atoms with Crippen molar-refractivity contribution in [3.05, 3.63) is 59.9 Å². The Kier molecular flexibility index (Phi) is 5.96. The van der Waals surface area contributed by atoms with Crippen molar-refractivity contribution in [3.8, 4) is 17.4 Å². The van der Waals surface area contributed by atoms with Crippen molar-refractivity contribution in [2.45, 2.75) is 19.6 Å². The van der Waals surface area contributed by atoms with Crippen molar-refractivity contribution >= 4 is 6.09 Å². The molecule has 0 fully saturated rings. The molecule has 0 saturated carbocycles. The molecule has 3 rings (SSSR count). The lowest BCUT2D eigenvalue weighted by atomic mass is 10.2. The van der Waals surface area contributed by atoms with E-state index in [-0.39, 0.29) is 18.2 Å². The zero-order valence-electron chi connectivity index (χ0n) is 15.2. The van der Waals surface area contributed by atoms with Crippen molar-refractivity contribution in [3.63, 3.8) is 0 Å². The van der Waals surface area contributed by atoms with Gasteiger partial charge in [-0.2, -0.15) is 18.3 Å². The Morgan fingerprint density at radius 3 is 2.52 bits per heavy atom. The summed E-state index contributed by atoms with van der Waals surface area (Å²) in [5, 5.41) is 13.4. The number of carbonyl (C=O) groups excluding carboxylic acids is 1. The summed E-state index contributed by atoms with van der Waals surface area (Å²) in [5.41, 5.74) is -0.522.